The number of nitrogens with one attached hydrogen (secondary N) is 1. The first-order chi connectivity index (χ1) is 21.4. The maximum Gasteiger partial charge on any atom is 0.264 e. The Balaban J connectivity index is 1.83. The zero-order valence-electron chi connectivity index (χ0n) is 25.7. The SMILES string of the molecule is Cc1ccc(CN(C(=O)CN(c2cccc(Cl)c2Cl)S(=O)(=O)c2ccc(C)cc2)C(Cc2ccccc2)C(=O)NC(C)C)cc1. The number of rotatable bonds is 12. The van der Waals surface area contributed by atoms with E-state index in [4.69, 9.17) is 23.2 Å². The third-order valence-electron chi connectivity index (χ3n) is 7.26. The van der Waals surface area contributed by atoms with Crippen LogP contribution < -0.4 is 9.62 Å². The molecule has 2 amide bonds. The topological polar surface area (TPSA) is 86.8 Å². The molecule has 0 radical (unpaired) electrons. The number of carbonyl (C=O) groups is 2. The second kappa shape index (κ2) is 15.0. The van der Waals surface area contributed by atoms with E-state index in [1.807, 2.05) is 82.3 Å². The van der Waals surface area contributed by atoms with Crippen molar-refractivity contribution in [1.82, 2.24) is 10.2 Å². The van der Waals surface area contributed by atoms with Crippen LogP contribution in [0, 0.1) is 13.8 Å². The van der Waals surface area contributed by atoms with Gasteiger partial charge in [0.25, 0.3) is 10.0 Å². The smallest absolute Gasteiger partial charge is 0.264 e. The van der Waals surface area contributed by atoms with Crippen LogP contribution in [0.15, 0.2) is 102 Å². The Morgan fingerprint density at radius 2 is 1.38 bits per heavy atom. The summed E-state index contributed by atoms with van der Waals surface area (Å²) in [5, 5.41) is 3.08. The van der Waals surface area contributed by atoms with Crippen LogP contribution in [0.3, 0.4) is 0 Å². The van der Waals surface area contributed by atoms with Crippen LogP contribution in [0.2, 0.25) is 10.0 Å². The van der Waals surface area contributed by atoms with Crippen molar-refractivity contribution in [2.75, 3.05) is 10.8 Å². The van der Waals surface area contributed by atoms with E-state index in [-0.39, 0.29) is 45.5 Å². The van der Waals surface area contributed by atoms with Crippen molar-refractivity contribution in [2.24, 2.45) is 0 Å². The zero-order chi connectivity index (χ0) is 32.7. The predicted octanol–water partition coefficient (Wildman–Crippen LogP) is 6.97. The lowest BCUT2D eigenvalue weighted by Gasteiger charge is -2.34. The first-order valence-corrected chi connectivity index (χ1v) is 16.8. The summed E-state index contributed by atoms with van der Waals surface area (Å²) in [5.41, 5.74) is 3.62. The molecule has 0 aliphatic carbocycles. The Kier molecular flexibility index (Phi) is 11.3. The number of sulfonamides is 1. The fourth-order valence-corrected chi connectivity index (χ4v) is 6.73. The van der Waals surface area contributed by atoms with E-state index in [0.29, 0.717) is 0 Å². The minimum Gasteiger partial charge on any atom is -0.352 e. The molecule has 0 fully saturated rings. The van der Waals surface area contributed by atoms with E-state index in [9.17, 15) is 18.0 Å². The van der Waals surface area contributed by atoms with Crippen LogP contribution in [0.5, 0.6) is 0 Å². The number of halogens is 2. The molecule has 4 aromatic rings. The number of amides is 2. The van der Waals surface area contributed by atoms with E-state index >= 15 is 0 Å². The molecule has 1 unspecified atom stereocenters. The molecule has 45 heavy (non-hydrogen) atoms. The Morgan fingerprint density at radius 1 is 0.778 bits per heavy atom. The van der Waals surface area contributed by atoms with Gasteiger partial charge in [-0.25, -0.2) is 8.42 Å². The van der Waals surface area contributed by atoms with Gasteiger partial charge in [0.1, 0.15) is 12.6 Å². The quantitative estimate of drug-likeness (QED) is 0.177. The normalized spacial score (nSPS) is 12.1. The van der Waals surface area contributed by atoms with Gasteiger partial charge in [-0.2, -0.15) is 0 Å². The summed E-state index contributed by atoms with van der Waals surface area (Å²) in [4.78, 5) is 29.7. The number of hydrogen-bond donors (Lipinski definition) is 1. The molecular weight excluding hydrogens is 629 g/mol. The summed E-state index contributed by atoms with van der Waals surface area (Å²) in [6, 6.07) is 26.9. The Hall–Kier alpha value is -3.85. The Labute approximate surface area is 275 Å². The second-order valence-corrected chi connectivity index (χ2v) is 13.9. The van der Waals surface area contributed by atoms with Gasteiger partial charge in [-0.05, 0) is 63.1 Å². The van der Waals surface area contributed by atoms with Gasteiger partial charge in [-0.3, -0.25) is 13.9 Å². The average molecular weight is 667 g/mol. The fourth-order valence-electron chi connectivity index (χ4n) is 4.86. The fraction of sp³-hybridized carbons (Fsp3) is 0.257. The molecule has 0 aliphatic rings. The van der Waals surface area contributed by atoms with Crippen molar-refractivity contribution in [3.63, 3.8) is 0 Å². The van der Waals surface area contributed by atoms with Crippen LogP contribution in [0.4, 0.5) is 5.69 Å². The number of hydrogen-bond acceptors (Lipinski definition) is 4. The van der Waals surface area contributed by atoms with Gasteiger partial charge in [0, 0.05) is 19.0 Å². The molecule has 236 valence electrons. The van der Waals surface area contributed by atoms with E-state index in [1.54, 1.807) is 24.3 Å². The number of nitrogens with zero attached hydrogens (tertiary/aromatic N) is 2. The molecule has 1 N–H and O–H groups in total. The molecule has 0 heterocycles. The van der Waals surface area contributed by atoms with Crippen LogP contribution in [0.25, 0.3) is 0 Å². The van der Waals surface area contributed by atoms with Crippen molar-refractivity contribution < 1.29 is 18.0 Å². The highest BCUT2D eigenvalue weighted by Gasteiger charge is 2.35. The molecule has 10 heteroatoms. The summed E-state index contributed by atoms with van der Waals surface area (Å²) in [5.74, 6) is -0.926. The summed E-state index contributed by atoms with van der Waals surface area (Å²) in [6.07, 6.45) is 0.222. The Bertz CT molecular complexity index is 1730. The van der Waals surface area contributed by atoms with E-state index in [2.05, 4.69) is 5.32 Å². The molecule has 0 saturated carbocycles. The first kappa shape index (κ1) is 34.0. The summed E-state index contributed by atoms with van der Waals surface area (Å²) in [6.45, 7) is 6.96. The monoisotopic (exact) mass is 665 g/mol. The van der Waals surface area contributed by atoms with Gasteiger partial charge in [0.15, 0.2) is 0 Å². The molecule has 0 saturated heterocycles. The molecule has 0 aromatic heterocycles. The van der Waals surface area contributed by atoms with Crippen molar-refractivity contribution in [3.8, 4) is 0 Å². The minimum atomic E-state index is -4.30. The number of carbonyl (C=O) groups excluding carboxylic acids is 2. The maximum absolute atomic E-state index is 14.5. The van der Waals surface area contributed by atoms with E-state index in [1.165, 1.54) is 23.1 Å². The molecule has 7 nitrogen and oxygen atoms in total. The number of aryl methyl sites for hydroxylation is 2. The van der Waals surface area contributed by atoms with Crippen molar-refractivity contribution in [3.05, 3.63) is 129 Å². The molecule has 4 rings (SSSR count). The molecular formula is C35H37Cl2N3O4S. The second-order valence-electron chi connectivity index (χ2n) is 11.3. The lowest BCUT2D eigenvalue weighted by molar-refractivity contribution is -0.140. The lowest BCUT2D eigenvalue weighted by atomic mass is 10.0. The van der Waals surface area contributed by atoms with Crippen molar-refractivity contribution in [1.29, 1.82) is 0 Å². The van der Waals surface area contributed by atoms with E-state index < -0.39 is 28.5 Å². The minimum absolute atomic E-state index is 0.00822. The number of benzene rings is 4. The highest BCUT2D eigenvalue weighted by Crippen LogP contribution is 2.35. The maximum atomic E-state index is 14.5. The first-order valence-electron chi connectivity index (χ1n) is 14.6. The molecule has 0 spiro atoms. The molecule has 0 bridgehead atoms. The molecule has 1 atom stereocenters. The van der Waals surface area contributed by atoms with Crippen LogP contribution in [-0.4, -0.2) is 43.8 Å². The lowest BCUT2D eigenvalue weighted by Crippen LogP contribution is -2.54. The highest BCUT2D eigenvalue weighted by atomic mass is 35.5. The van der Waals surface area contributed by atoms with Crippen LogP contribution in [-0.2, 0) is 32.6 Å². The third kappa shape index (κ3) is 8.66. The van der Waals surface area contributed by atoms with Crippen LogP contribution >= 0.6 is 23.2 Å². The third-order valence-corrected chi connectivity index (χ3v) is 9.85. The van der Waals surface area contributed by atoms with Gasteiger partial charge in [0.2, 0.25) is 11.8 Å². The van der Waals surface area contributed by atoms with Gasteiger partial charge in [-0.15, -0.1) is 0 Å². The van der Waals surface area contributed by atoms with Crippen LogP contribution in [0.1, 0.15) is 36.1 Å². The molecule has 0 aliphatic heterocycles. The summed E-state index contributed by atoms with van der Waals surface area (Å²) >= 11 is 12.9. The largest absolute Gasteiger partial charge is 0.352 e. The summed E-state index contributed by atoms with van der Waals surface area (Å²) < 4.78 is 29.3. The van der Waals surface area contributed by atoms with Crippen molar-refractivity contribution >= 4 is 50.7 Å². The summed E-state index contributed by atoms with van der Waals surface area (Å²) in [7, 11) is -4.30. The van der Waals surface area contributed by atoms with Crippen molar-refractivity contribution in [2.45, 2.75) is 57.6 Å². The van der Waals surface area contributed by atoms with Gasteiger partial charge >= 0.3 is 0 Å². The zero-order valence-corrected chi connectivity index (χ0v) is 28.0. The van der Waals surface area contributed by atoms with Gasteiger partial charge in [0.05, 0.1) is 20.6 Å². The van der Waals surface area contributed by atoms with Gasteiger partial charge < -0.3 is 10.2 Å². The number of anilines is 1. The Morgan fingerprint density at radius 3 is 1.98 bits per heavy atom. The highest BCUT2D eigenvalue weighted by molar-refractivity contribution is 7.92. The predicted molar refractivity (Wildman–Crippen MR) is 181 cm³/mol. The molecule has 4 aromatic carbocycles. The standard InChI is InChI=1S/C35H37Cl2N3O4S/c1-24(2)38-35(42)32(21-27-9-6-5-7-10-27)39(22-28-17-13-25(3)14-18-28)33(41)23-40(31-12-8-11-30(36)34(31)37)45(43,44)29-19-15-26(4)16-20-29/h5-20,24,32H,21-23H2,1-4H3,(H,38,42). The average Bonchev–Trinajstić information content (AvgIpc) is 3.00. The van der Waals surface area contributed by atoms with Gasteiger partial charge in [-0.1, -0.05) is 107 Å². The van der Waals surface area contributed by atoms with E-state index in [0.717, 1.165) is 26.6 Å².